The minimum absolute atomic E-state index is 0.00846. The van der Waals surface area contributed by atoms with Crippen LogP contribution in [0.25, 0.3) is 0 Å². The standard InChI is InChI=1S/C13H24N2O3/c1-3-6-11-7-4-5-9-15(11)13(18)14(2)10-8-12(16)17/h11H,3-10H2,1-2H3,(H,16,17). The lowest BCUT2D eigenvalue weighted by Crippen LogP contribution is -2.49. The van der Waals surface area contributed by atoms with Crippen LogP contribution in [0.5, 0.6) is 0 Å². The number of nitrogens with zero attached hydrogens (tertiary/aromatic N) is 2. The highest BCUT2D eigenvalue weighted by Crippen LogP contribution is 2.21. The van der Waals surface area contributed by atoms with Gasteiger partial charge in [0.25, 0.3) is 0 Å². The molecule has 0 aromatic carbocycles. The summed E-state index contributed by atoms with van der Waals surface area (Å²) in [7, 11) is 1.68. The molecule has 1 rings (SSSR count). The summed E-state index contributed by atoms with van der Waals surface area (Å²) < 4.78 is 0. The molecule has 1 aliphatic rings. The third-order valence-corrected chi connectivity index (χ3v) is 3.48. The molecule has 0 aromatic rings. The van der Waals surface area contributed by atoms with Gasteiger partial charge in [-0.1, -0.05) is 13.3 Å². The zero-order chi connectivity index (χ0) is 13.5. The van der Waals surface area contributed by atoms with E-state index < -0.39 is 5.97 Å². The highest BCUT2D eigenvalue weighted by atomic mass is 16.4. The summed E-state index contributed by atoms with van der Waals surface area (Å²) in [6.45, 7) is 3.22. The molecule has 2 amide bonds. The molecule has 1 aliphatic heterocycles. The number of rotatable bonds is 5. The molecular weight excluding hydrogens is 232 g/mol. The normalized spacial score (nSPS) is 19.7. The second-order valence-electron chi connectivity index (χ2n) is 4.98. The third-order valence-electron chi connectivity index (χ3n) is 3.48. The molecular formula is C13H24N2O3. The van der Waals surface area contributed by atoms with Gasteiger partial charge in [0.15, 0.2) is 0 Å². The van der Waals surface area contributed by atoms with Crippen LogP contribution >= 0.6 is 0 Å². The number of aliphatic carboxylic acids is 1. The van der Waals surface area contributed by atoms with Crippen molar-refractivity contribution in [1.29, 1.82) is 0 Å². The van der Waals surface area contributed by atoms with Crippen molar-refractivity contribution in [3.05, 3.63) is 0 Å². The average Bonchev–Trinajstić information content (AvgIpc) is 2.36. The largest absolute Gasteiger partial charge is 0.481 e. The minimum atomic E-state index is -0.863. The van der Waals surface area contributed by atoms with Crippen molar-refractivity contribution in [3.8, 4) is 0 Å². The van der Waals surface area contributed by atoms with Crippen LogP contribution in [0.3, 0.4) is 0 Å². The average molecular weight is 256 g/mol. The summed E-state index contributed by atoms with van der Waals surface area (Å²) in [5.74, 6) is -0.863. The maximum absolute atomic E-state index is 12.3. The van der Waals surface area contributed by atoms with Crippen LogP contribution in [0.4, 0.5) is 4.79 Å². The number of carbonyl (C=O) groups is 2. The molecule has 0 spiro atoms. The number of amides is 2. The first-order valence-electron chi connectivity index (χ1n) is 6.79. The van der Waals surface area contributed by atoms with E-state index in [0.29, 0.717) is 6.04 Å². The van der Waals surface area contributed by atoms with Crippen molar-refractivity contribution in [2.45, 2.75) is 51.5 Å². The van der Waals surface area contributed by atoms with Crippen LogP contribution in [0.1, 0.15) is 45.4 Å². The van der Waals surface area contributed by atoms with E-state index in [1.807, 2.05) is 4.90 Å². The lowest BCUT2D eigenvalue weighted by molar-refractivity contribution is -0.137. The van der Waals surface area contributed by atoms with E-state index in [9.17, 15) is 9.59 Å². The fraction of sp³-hybridized carbons (Fsp3) is 0.846. The number of carboxylic acids is 1. The lowest BCUT2D eigenvalue weighted by Gasteiger charge is -2.38. The Kier molecular flexibility index (Phi) is 5.95. The Balaban J connectivity index is 2.53. The Bertz CT molecular complexity index is 292. The molecule has 1 N–H and O–H groups in total. The Morgan fingerprint density at radius 2 is 2.11 bits per heavy atom. The molecule has 5 heteroatoms. The van der Waals surface area contributed by atoms with E-state index in [0.717, 1.165) is 32.2 Å². The van der Waals surface area contributed by atoms with Gasteiger partial charge in [-0.25, -0.2) is 4.79 Å². The highest BCUT2D eigenvalue weighted by Gasteiger charge is 2.27. The Labute approximate surface area is 109 Å². The maximum Gasteiger partial charge on any atom is 0.320 e. The third kappa shape index (κ3) is 4.20. The van der Waals surface area contributed by atoms with Gasteiger partial charge in [0.2, 0.25) is 0 Å². The summed E-state index contributed by atoms with van der Waals surface area (Å²) in [4.78, 5) is 26.2. The van der Waals surface area contributed by atoms with Gasteiger partial charge < -0.3 is 14.9 Å². The first kappa shape index (κ1) is 14.8. The van der Waals surface area contributed by atoms with E-state index in [4.69, 9.17) is 5.11 Å². The first-order chi connectivity index (χ1) is 8.56. The smallest absolute Gasteiger partial charge is 0.320 e. The Morgan fingerprint density at radius 1 is 1.39 bits per heavy atom. The van der Waals surface area contributed by atoms with E-state index in [1.165, 1.54) is 11.3 Å². The number of likely N-dealkylation sites (tertiary alicyclic amines) is 1. The van der Waals surface area contributed by atoms with Gasteiger partial charge in [0, 0.05) is 26.2 Å². The Morgan fingerprint density at radius 3 is 2.72 bits per heavy atom. The van der Waals surface area contributed by atoms with E-state index in [1.54, 1.807) is 7.05 Å². The molecule has 5 nitrogen and oxygen atoms in total. The molecule has 1 atom stereocenters. The van der Waals surface area contributed by atoms with Crippen LogP contribution in [0.15, 0.2) is 0 Å². The van der Waals surface area contributed by atoms with E-state index in [2.05, 4.69) is 6.92 Å². The van der Waals surface area contributed by atoms with Crippen LogP contribution in [-0.2, 0) is 4.79 Å². The van der Waals surface area contributed by atoms with Gasteiger partial charge in [-0.15, -0.1) is 0 Å². The van der Waals surface area contributed by atoms with Crippen molar-refractivity contribution >= 4 is 12.0 Å². The Hall–Kier alpha value is -1.26. The zero-order valence-electron chi connectivity index (χ0n) is 11.4. The van der Waals surface area contributed by atoms with E-state index >= 15 is 0 Å². The lowest BCUT2D eigenvalue weighted by atomic mass is 9.98. The molecule has 1 fully saturated rings. The molecule has 1 heterocycles. The quantitative estimate of drug-likeness (QED) is 0.820. The number of carbonyl (C=O) groups excluding carboxylic acids is 1. The first-order valence-corrected chi connectivity index (χ1v) is 6.79. The molecule has 1 unspecified atom stereocenters. The molecule has 0 bridgehead atoms. The summed E-state index contributed by atoms with van der Waals surface area (Å²) >= 11 is 0. The highest BCUT2D eigenvalue weighted by molar-refractivity contribution is 5.75. The molecule has 1 saturated heterocycles. The van der Waals surface area contributed by atoms with Crippen LogP contribution in [0.2, 0.25) is 0 Å². The van der Waals surface area contributed by atoms with Crippen LogP contribution in [-0.4, -0.2) is 53.1 Å². The summed E-state index contributed by atoms with van der Waals surface area (Å²) in [6.07, 6.45) is 5.44. The minimum Gasteiger partial charge on any atom is -0.481 e. The SMILES string of the molecule is CCCC1CCCCN1C(=O)N(C)CCC(=O)O. The fourth-order valence-electron chi connectivity index (χ4n) is 2.46. The number of urea groups is 1. The van der Waals surface area contributed by atoms with Crippen molar-refractivity contribution in [2.24, 2.45) is 0 Å². The van der Waals surface area contributed by atoms with Gasteiger partial charge in [0.1, 0.15) is 0 Å². The van der Waals surface area contributed by atoms with Gasteiger partial charge in [0.05, 0.1) is 6.42 Å². The van der Waals surface area contributed by atoms with Crippen molar-refractivity contribution in [3.63, 3.8) is 0 Å². The van der Waals surface area contributed by atoms with Crippen molar-refractivity contribution < 1.29 is 14.7 Å². The topological polar surface area (TPSA) is 60.9 Å². The van der Waals surface area contributed by atoms with Gasteiger partial charge in [-0.2, -0.15) is 0 Å². The number of hydrogen-bond acceptors (Lipinski definition) is 2. The van der Waals surface area contributed by atoms with Crippen molar-refractivity contribution in [1.82, 2.24) is 9.80 Å². The number of hydrogen-bond donors (Lipinski definition) is 1. The number of piperidine rings is 1. The van der Waals surface area contributed by atoms with Gasteiger partial charge in [-0.05, 0) is 25.7 Å². The predicted octanol–water partition coefficient (Wildman–Crippen LogP) is 2.17. The molecule has 0 radical (unpaired) electrons. The fourth-order valence-corrected chi connectivity index (χ4v) is 2.46. The predicted molar refractivity (Wildman–Crippen MR) is 69.5 cm³/mol. The second kappa shape index (κ2) is 7.24. The van der Waals surface area contributed by atoms with Gasteiger partial charge >= 0.3 is 12.0 Å². The number of carboxylic acid groups (broad SMARTS) is 1. The van der Waals surface area contributed by atoms with Crippen LogP contribution < -0.4 is 0 Å². The maximum atomic E-state index is 12.3. The molecule has 0 aliphatic carbocycles. The molecule has 0 saturated carbocycles. The van der Waals surface area contributed by atoms with Crippen LogP contribution in [0, 0.1) is 0 Å². The zero-order valence-corrected chi connectivity index (χ0v) is 11.4. The second-order valence-corrected chi connectivity index (χ2v) is 4.98. The summed E-state index contributed by atoms with van der Waals surface area (Å²) in [5.41, 5.74) is 0. The molecule has 18 heavy (non-hydrogen) atoms. The monoisotopic (exact) mass is 256 g/mol. The van der Waals surface area contributed by atoms with Crippen molar-refractivity contribution in [2.75, 3.05) is 20.1 Å². The molecule has 104 valence electrons. The molecule has 0 aromatic heterocycles. The van der Waals surface area contributed by atoms with Gasteiger partial charge in [-0.3, -0.25) is 4.79 Å². The summed E-state index contributed by atoms with van der Waals surface area (Å²) in [6, 6.07) is 0.318. The van der Waals surface area contributed by atoms with E-state index in [-0.39, 0.29) is 19.0 Å². The summed E-state index contributed by atoms with van der Waals surface area (Å²) in [5, 5.41) is 8.64.